The van der Waals surface area contributed by atoms with Gasteiger partial charge in [0, 0.05) is 10.9 Å². The third-order valence-electron chi connectivity index (χ3n) is 3.04. The number of hydrogen-bond acceptors (Lipinski definition) is 7. The number of ether oxygens (including phenoxy) is 2. The molecule has 0 aliphatic heterocycles. The van der Waals surface area contributed by atoms with Gasteiger partial charge < -0.3 is 9.47 Å². The Labute approximate surface area is 151 Å². The highest BCUT2D eigenvalue weighted by Crippen LogP contribution is 2.18. The summed E-state index contributed by atoms with van der Waals surface area (Å²) in [6.45, 7) is 7.02. The fraction of sp³-hybridized carbons (Fsp3) is 0.389. The monoisotopic (exact) mass is 361 g/mol. The van der Waals surface area contributed by atoms with Crippen LogP contribution in [0, 0.1) is 5.92 Å². The van der Waals surface area contributed by atoms with Crippen LogP contribution in [-0.2, 0) is 16.0 Å². The van der Waals surface area contributed by atoms with Crippen molar-refractivity contribution >= 4 is 28.7 Å². The summed E-state index contributed by atoms with van der Waals surface area (Å²) in [5, 5.41) is 6.64. The van der Waals surface area contributed by atoms with Crippen LogP contribution in [0.3, 0.4) is 0 Å². The number of rotatable bonds is 9. The number of esters is 1. The van der Waals surface area contributed by atoms with Crippen LogP contribution in [0.2, 0.25) is 0 Å². The number of benzene rings is 1. The highest BCUT2D eigenvalue weighted by molar-refractivity contribution is 7.13. The van der Waals surface area contributed by atoms with E-state index in [1.165, 1.54) is 11.3 Å². The summed E-state index contributed by atoms with van der Waals surface area (Å²) < 4.78 is 10.7. The van der Waals surface area contributed by atoms with Crippen molar-refractivity contribution < 1.29 is 14.3 Å². The second-order valence-electron chi connectivity index (χ2n) is 5.74. The summed E-state index contributed by atoms with van der Waals surface area (Å²) in [4.78, 5) is 15.8. The number of hydrogen-bond donors (Lipinski definition) is 1. The highest BCUT2D eigenvalue weighted by atomic mass is 32.1. The van der Waals surface area contributed by atoms with Crippen molar-refractivity contribution in [2.75, 3.05) is 18.6 Å². The van der Waals surface area contributed by atoms with E-state index in [9.17, 15) is 4.79 Å². The molecule has 0 bridgehead atoms. The maximum atomic E-state index is 11.4. The van der Waals surface area contributed by atoms with Crippen molar-refractivity contribution in [3.63, 3.8) is 0 Å². The third-order valence-corrected chi connectivity index (χ3v) is 3.83. The van der Waals surface area contributed by atoms with E-state index < -0.39 is 0 Å². The van der Waals surface area contributed by atoms with Crippen molar-refractivity contribution in [2.24, 2.45) is 11.0 Å². The number of aromatic nitrogens is 1. The Morgan fingerprint density at radius 1 is 1.40 bits per heavy atom. The lowest BCUT2D eigenvalue weighted by atomic mass is 10.2. The first kappa shape index (κ1) is 18.9. The Bertz CT molecular complexity index is 713. The molecule has 0 fully saturated rings. The van der Waals surface area contributed by atoms with Crippen LogP contribution >= 0.6 is 11.3 Å². The van der Waals surface area contributed by atoms with Gasteiger partial charge in [-0.1, -0.05) is 26.0 Å². The average Bonchev–Trinajstić information content (AvgIpc) is 3.01. The van der Waals surface area contributed by atoms with E-state index in [1.54, 1.807) is 13.1 Å². The van der Waals surface area contributed by atoms with E-state index in [-0.39, 0.29) is 12.4 Å². The molecule has 1 heterocycles. The lowest BCUT2D eigenvalue weighted by molar-refractivity contribution is -0.142. The quantitative estimate of drug-likeness (QED) is 0.418. The van der Waals surface area contributed by atoms with Gasteiger partial charge in [0.05, 0.1) is 31.5 Å². The standard InChI is InChI=1S/C18H23N3O3S/c1-4-23-17(22)9-15-12-25-18(20-15)21-19-10-14-7-5-6-8-16(14)24-11-13(2)3/h5-8,10,12-13H,4,9,11H2,1-3H3,(H,20,21). The van der Waals surface area contributed by atoms with Crippen LogP contribution in [0.15, 0.2) is 34.7 Å². The van der Waals surface area contributed by atoms with E-state index in [1.807, 2.05) is 29.6 Å². The number of hydrazone groups is 1. The zero-order chi connectivity index (χ0) is 18.1. The van der Waals surface area contributed by atoms with Crippen molar-refractivity contribution in [3.05, 3.63) is 40.9 Å². The molecule has 1 N–H and O–H groups in total. The first-order chi connectivity index (χ1) is 12.1. The van der Waals surface area contributed by atoms with E-state index in [0.717, 1.165) is 11.3 Å². The van der Waals surface area contributed by atoms with Gasteiger partial charge in [-0.15, -0.1) is 11.3 Å². The molecule has 0 unspecified atom stereocenters. The fourth-order valence-electron chi connectivity index (χ4n) is 1.93. The first-order valence-corrected chi connectivity index (χ1v) is 9.07. The normalized spacial score (nSPS) is 11.0. The SMILES string of the molecule is CCOC(=O)Cc1csc(NN=Cc2ccccc2OCC(C)C)n1. The molecule has 0 amide bonds. The predicted molar refractivity (Wildman–Crippen MR) is 100 cm³/mol. The molecule has 0 aliphatic rings. The molecule has 25 heavy (non-hydrogen) atoms. The molecular weight excluding hydrogens is 338 g/mol. The predicted octanol–water partition coefficient (Wildman–Crippen LogP) is 3.73. The molecule has 1 aromatic heterocycles. The lowest BCUT2D eigenvalue weighted by Crippen LogP contribution is -2.07. The number of anilines is 1. The molecule has 0 radical (unpaired) electrons. The van der Waals surface area contributed by atoms with Crippen LogP contribution < -0.4 is 10.2 Å². The van der Waals surface area contributed by atoms with Crippen LogP contribution in [0.5, 0.6) is 5.75 Å². The second-order valence-corrected chi connectivity index (χ2v) is 6.60. The number of carbonyl (C=O) groups excluding carboxylic acids is 1. The van der Waals surface area contributed by atoms with Crippen LogP contribution in [-0.4, -0.2) is 30.4 Å². The smallest absolute Gasteiger partial charge is 0.311 e. The van der Waals surface area contributed by atoms with Gasteiger partial charge in [-0.25, -0.2) is 4.98 Å². The van der Waals surface area contributed by atoms with Crippen LogP contribution in [0.25, 0.3) is 0 Å². The molecule has 2 aromatic rings. The van der Waals surface area contributed by atoms with Crippen LogP contribution in [0.4, 0.5) is 5.13 Å². The van der Waals surface area contributed by atoms with Crippen molar-refractivity contribution in [1.29, 1.82) is 0 Å². The minimum Gasteiger partial charge on any atom is -0.493 e. The topological polar surface area (TPSA) is 72.8 Å². The Morgan fingerprint density at radius 3 is 2.96 bits per heavy atom. The number of thiazole rings is 1. The summed E-state index contributed by atoms with van der Waals surface area (Å²) >= 11 is 1.39. The Balaban J connectivity index is 1.93. The molecule has 0 atom stereocenters. The summed E-state index contributed by atoms with van der Waals surface area (Å²) in [6, 6.07) is 7.73. The number of para-hydroxylation sites is 1. The summed E-state index contributed by atoms with van der Waals surface area (Å²) in [5.41, 5.74) is 4.44. The van der Waals surface area contributed by atoms with Gasteiger partial charge in [0.1, 0.15) is 5.75 Å². The minimum absolute atomic E-state index is 0.168. The summed E-state index contributed by atoms with van der Waals surface area (Å²) in [5.74, 6) is 0.972. The molecule has 6 nitrogen and oxygen atoms in total. The van der Waals surface area contributed by atoms with Gasteiger partial charge in [-0.05, 0) is 25.0 Å². The average molecular weight is 361 g/mol. The van der Waals surface area contributed by atoms with Gasteiger partial charge >= 0.3 is 5.97 Å². The van der Waals surface area contributed by atoms with E-state index in [4.69, 9.17) is 9.47 Å². The van der Waals surface area contributed by atoms with E-state index in [0.29, 0.717) is 30.0 Å². The van der Waals surface area contributed by atoms with E-state index >= 15 is 0 Å². The van der Waals surface area contributed by atoms with E-state index in [2.05, 4.69) is 29.4 Å². The van der Waals surface area contributed by atoms with Gasteiger partial charge in [0.15, 0.2) is 0 Å². The number of nitrogens with one attached hydrogen (secondary N) is 1. The summed E-state index contributed by atoms with van der Waals surface area (Å²) in [7, 11) is 0. The Morgan fingerprint density at radius 2 is 2.20 bits per heavy atom. The molecule has 134 valence electrons. The molecule has 1 aromatic carbocycles. The molecule has 7 heteroatoms. The third kappa shape index (κ3) is 6.54. The molecule has 0 saturated carbocycles. The van der Waals surface area contributed by atoms with Crippen LogP contribution in [0.1, 0.15) is 32.0 Å². The Hall–Kier alpha value is -2.41. The van der Waals surface area contributed by atoms with Crippen molar-refractivity contribution in [3.8, 4) is 5.75 Å². The molecule has 0 aliphatic carbocycles. The summed E-state index contributed by atoms with van der Waals surface area (Å²) in [6.07, 6.45) is 1.86. The molecular formula is C18H23N3O3S. The van der Waals surface area contributed by atoms with Gasteiger partial charge in [-0.2, -0.15) is 5.10 Å². The number of nitrogens with zero attached hydrogens (tertiary/aromatic N) is 2. The highest BCUT2D eigenvalue weighted by Gasteiger charge is 2.08. The Kier molecular flexibility index (Phi) is 7.40. The van der Waals surface area contributed by atoms with Gasteiger partial charge in [0.2, 0.25) is 5.13 Å². The molecule has 2 rings (SSSR count). The molecule has 0 spiro atoms. The zero-order valence-electron chi connectivity index (χ0n) is 14.7. The zero-order valence-corrected chi connectivity index (χ0v) is 15.5. The van der Waals surface area contributed by atoms with Gasteiger partial charge in [-0.3, -0.25) is 10.2 Å². The first-order valence-electron chi connectivity index (χ1n) is 8.19. The molecule has 0 saturated heterocycles. The lowest BCUT2D eigenvalue weighted by Gasteiger charge is -2.10. The fourth-order valence-corrected chi connectivity index (χ4v) is 2.59. The largest absolute Gasteiger partial charge is 0.493 e. The second kappa shape index (κ2) is 9.78. The maximum Gasteiger partial charge on any atom is 0.311 e. The maximum absolute atomic E-state index is 11.4. The minimum atomic E-state index is -0.279. The van der Waals surface area contributed by atoms with Gasteiger partial charge in [0.25, 0.3) is 0 Å². The van der Waals surface area contributed by atoms with Crippen molar-refractivity contribution in [1.82, 2.24) is 4.98 Å². The number of carbonyl (C=O) groups is 1. The van der Waals surface area contributed by atoms with Crippen molar-refractivity contribution in [2.45, 2.75) is 27.2 Å².